The van der Waals surface area contributed by atoms with E-state index >= 15 is 0 Å². The Bertz CT molecular complexity index is 209. The molecular weight excluding hydrogens is 184 g/mol. The summed E-state index contributed by atoms with van der Waals surface area (Å²) in [7, 11) is 0. The summed E-state index contributed by atoms with van der Waals surface area (Å²) in [5.41, 5.74) is 0. The Morgan fingerprint density at radius 1 is 1.57 bits per heavy atom. The van der Waals surface area contributed by atoms with Gasteiger partial charge < -0.3 is 10.4 Å². The van der Waals surface area contributed by atoms with E-state index in [2.05, 4.69) is 5.32 Å². The number of hydrogen-bond donors (Lipinski definition) is 2. The van der Waals surface area contributed by atoms with E-state index < -0.39 is 0 Å². The fourth-order valence-corrected chi connectivity index (χ4v) is 0.656. The van der Waals surface area contributed by atoms with Crippen LogP contribution in [-0.2, 0) is 9.59 Å². The lowest BCUT2D eigenvalue weighted by Gasteiger charge is -2.11. The molecule has 1 unspecified atom stereocenters. The van der Waals surface area contributed by atoms with Crippen molar-refractivity contribution in [2.75, 3.05) is 0 Å². The van der Waals surface area contributed by atoms with Crippen LogP contribution in [0.2, 0.25) is 0 Å². The Morgan fingerprint density at radius 2 is 2.00 bits per heavy atom. The highest BCUT2D eigenvalue weighted by Gasteiger charge is 2.12. The van der Waals surface area contributed by atoms with Crippen molar-refractivity contribution in [2.45, 2.75) is 33.2 Å². The predicted octanol–water partition coefficient (Wildman–Crippen LogP) is 0.762. The average molecular weight is 200 g/mol. The van der Waals surface area contributed by atoms with Gasteiger partial charge in [0, 0.05) is 18.4 Å². The van der Waals surface area contributed by atoms with Gasteiger partial charge in [0.2, 0.25) is 5.91 Å². The summed E-state index contributed by atoms with van der Waals surface area (Å²) in [6.45, 7) is 5.30. The third kappa shape index (κ3) is 10.4. The monoisotopic (exact) mass is 200 g/mol. The van der Waals surface area contributed by atoms with Crippen molar-refractivity contribution in [1.82, 2.24) is 5.32 Å². The van der Waals surface area contributed by atoms with Crippen molar-refractivity contribution in [3.8, 4) is 6.07 Å². The largest absolute Gasteiger partial charge is 0.483 e. The lowest BCUT2D eigenvalue weighted by molar-refractivity contribution is -0.125. The maximum absolute atomic E-state index is 11.1. The van der Waals surface area contributed by atoms with Gasteiger partial charge in [-0.05, 0) is 13.8 Å². The van der Waals surface area contributed by atoms with E-state index in [1.54, 1.807) is 6.92 Å². The summed E-state index contributed by atoms with van der Waals surface area (Å²) < 4.78 is 0. The molecule has 0 aliphatic carbocycles. The molecule has 0 aromatic carbocycles. The molecule has 0 aliphatic heterocycles. The van der Waals surface area contributed by atoms with Crippen LogP contribution in [0.1, 0.15) is 27.2 Å². The zero-order chi connectivity index (χ0) is 11.6. The summed E-state index contributed by atoms with van der Waals surface area (Å²) in [5, 5.41) is 17.9. The summed E-state index contributed by atoms with van der Waals surface area (Å²) in [4.78, 5) is 19.4. The van der Waals surface area contributed by atoms with Crippen molar-refractivity contribution >= 4 is 12.4 Å². The summed E-state index contributed by atoms with van der Waals surface area (Å²) >= 11 is 0. The van der Waals surface area contributed by atoms with Crippen molar-refractivity contribution in [3.63, 3.8) is 0 Å². The number of rotatable bonds is 3. The van der Waals surface area contributed by atoms with Gasteiger partial charge in [-0.15, -0.1) is 0 Å². The topological polar surface area (TPSA) is 90.2 Å². The zero-order valence-corrected chi connectivity index (χ0v) is 8.65. The smallest absolute Gasteiger partial charge is 0.290 e. The zero-order valence-electron chi connectivity index (χ0n) is 8.65. The van der Waals surface area contributed by atoms with Crippen LogP contribution in [-0.4, -0.2) is 23.5 Å². The van der Waals surface area contributed by atoms with Gasteiger partial charge in [0.05, 0.1) is 6.07 Å². The molecule has 14 heavy (non-hydrogen) atoms. The highest BCUT2D eigenvalue weighted by Crippen LogP contribution is 1.99. The van der Waals surface area contributed by atoms with E-state index in [9.17, 15) is 4.79 Å². The Kier molecular flexibility index (Phi) is 10.1. The van der Waals surface area contributed by atoms with Crippen molar-refractivity contribution in [2.24, 2.45) is 5.92 Å². The summed E-state index contributed by atoms with van der Waals surface area (Å²) in [5.74, 6) is -0.232. The Hall–Kier alpha value is -1.57. The minimum absolute atomic E-state index is 0.0402. The van der Waals surface area contributed by atoms with Gasteiger partial charge in [0.1, 0.15) is 0 Å². The molecule has 0 aliphatic rings. The molecule has 0 radical (unpaired) electrons. The molecule has 0 rings (SSSR count). The first-order valence-corrected chi connectivity index (χ1v) is 4.24. The van der Waals surface area contributed by atoms with Gasteiger partial charge in [0.15, 0.2) is 0 Å². The molecule has 0 heterocycles. The van der Waals surface area contributed by atoms with Gasteiger partial charge in [-0.3, -0.25) is 9.59 Å². The molecule has 0 fully saturated rings. The molecule has 0 aromatic heterocycles. The second kappa shape index (κ2) is 9.52. The number of hydrogen-bond acceptors (Lipinski definition) is 3. The molecule has 1 atom stereocenters. The quantitative estimate of drug-likeness (QED) is 0.658. The maximum Gasteiger partial charge on any atom is 0.290 e. The number of nitriles is 1. The summed E-state index contributed by atoms with van der Waals surface area (Å²) in [6.07, 6.45) is 0.290. The van der Waals surface area contributed by atoms with Crippen LogP contribution >= 0.6 is 0 Å². The number of nitrogens with zero attached hydrogens (tertiary/aromatic N) is 1. The second-order valence-corrected chi connectivity index (χ2v) is 3.03. The van der Waals surface area contributed by atoms with Crippen LogP contribution in [0.25, 0.3) is 0 Å². The molecule has 0 saturated heterocycles. The first-order valence-electron chi connectivity index (χ1n) is 4.24. The molecule has 5 nitrogen and oxygen atoms in total. The fourth-order valence-electron chi connectivity index (χ4n) is 0.656. The predicted molar refractivity (Wildman–Crippen MR) is 51.4 cm³/mol. The van der Waals surface area contributed by atoms with E-state index in [1.807, 2.05) is 19.9 Å². The van der Waals surface area contributed by atoms with Crippen molar-refractivity contribution in [3.05, 3.63) is 0 Å². The molecule has 80 valence electrons. The second-order valence-electron chi connectivity index (χ2n) is 3.03. The highest BCUT2D eigenvalue weighted by atomic mass is 16.3. The van der Waals surface area contributed by atoms with Crippen LogP contribution in [0.3, 0.4) is 0 Å². The number of carbonyl (C=O) groups excluding carboxylic acids is 1. The minimum atomic E-state index is -0.250. The Balaban J connectivity index is 0. The van der Waals surface area contributed by atoms with Gasteiger partial charge in [-0.2, -0.15) is 5.26 Å². The normalized spacial score (nSPS) is 10.5. The van der Waals surface area contributed by atoms with Gasteiger partial charge in [0.25, 0.3) is 6.47 Å². The Labute approximate surface area is 83.7 Å². The molecular formula is C9H16N2O3. The van der Waals surface area contributed by atoms with E-state index in [4.69, 9.17) is 15.2 Å². The van der Waals surface area contributed by atoms with Crippen LogP contribution < -0.4 is 5.32 Å². The molecule has 1 amide bonds. The van der Waals surface area contributed by atoms with E-state index in [0.29, 0.717) is 6.42 Å². The minimum Gasteiger partial charge on any atom is -0.483 e. The number of carbonyl (C=O) groups is 2. The van der Waals surface area contributed by atoms with Crippen LogP contribution in [0.5, 0.6) is 0 Å². The fraction of sp³-hybridized carbons (Fsp3) is 0.667. The van der Waals surface area contributed by atoms with Gasteiger partial charge in [-0.1, -0.05) is 6.92 Å². The highest BCUT2D eigenvalue weighted by molar-refractivity contribution is 5.78. The maximum atomic E-state index is 11.1. The first-order chi connectivity index (χ1) is 6.49. The average Bonchev–Trinajstić information content (AvgIpc) is 2.04. The molecule has 0 saturated carbocycles. The van der Waals surface area contributed by atoms with Crippen molar-refractivity contribution < 1.29 is 14.7 Å². The standard InChI is InChI=1S/C8H14N2O.CH2O2/c1-6(2)10-8(11)7(3)4-5-9;2-1-3/h6-7H,4H2,1-3H3,(H,10,11);1H,(H,2,3). The van der Waals surface area contributed by atoms with Gasteiger partial charge >= 0.3 is 0 Å². The third-order valence-electron chi connectivity index (χ3n) is 1.28. The first kappa shape index (κ1) is 14.9. The van der Waals surface area contributed by atoms with Crippen LogP contribution in [0.4, 0.5) is 0 Å². The summed E-state index contributed by atoms with van der Waals surface area (Å²) in [6, 6.07) is 2.12. The SMILES string of the molecule is CC(C)NC(=O)C(C)CC#N.O=CO. The lowest BCUT2D eigenvalue weighted by Crippen LogP contribution is -2.34. The van der Waals surface area contributed by atoms with Gasteiger partial charge in [-0.25, -0.2) is 0 Å². The Morgan fingerprint density at radius 3 is 2.29 bits per heavy atom. The molecule has 5 heteroatoms. The van der Waals surface area contributed by atoms with E-state index in [0.717, 1.165) is 0 Å². The molecule has 0 aromatic rings. The lowest BCUT2D eigenvalue weighted by atomic mass is 10.1. The van der Waals surface area contributed by atoms with Crippen LogP contribution in [0, 0.1) is 17.2 Å². The van der Waals surface area contributed by atoms with E-state index in [-0.39, 0.29) is 24.3 Å². The molecule has 2 N–H and O–H groups in total. The van der Waals surface area contributed by atoms with E-state index in [1.165, 1.54) is 0 Å². The number of amides is 1. The number of carboxylic acid groups (broad SMARTS) is 1. The molecule has 0 bridgehead atoms. The van der Waals surface area contributed by atoms with Crippen molar-refractivity contribution in [1.29, 1.82) is 5.26 Å². The number of nitrogens with one attached hydrogen (secondary N) is 1. The molecule has 0 spiro atoms. The third-order valence-corrected chi connectivity index (χ3v) is 1.28. The van der Waals surface area contributed by atoms with Crippen LogP contribution in [0.15, 0.2) is 0 Å².